The van der Waals surface area contributed by atoms with E-state index in [0.29, 0.717) is 11.3 Å². The van der Waals surface area contributed by atoms with Crippen LogP contribution in [0.3, 0.4) is 0 Å². The lowest BCUT2D eigenvalue weighted by Gasteiger charge is -2.45. The number of carbonyl (C=O) groups excluding carboxylic acids is 1. The predicted molar refractivity (Wildman–Crippen MR) is 128 cm³/mol. The van der Waals surface area contributed by atoms with Crippen LogP contribution in [0.25, 0.3) is 0 Å². The second kappa shape index (κ2) is 11.2. The molecule has 0 aliphatic heterocycles. The van der Waals surface area contributed by atoms with E-state index >= 15 is 0 Å². The third-order valence-electron chi connectivity index (χ3n) is 8.71. The fraction of sp³-hybridized carbons (Fsp3) is 0.655. The Morgan fingerprint density at radius 1 is 0.938 bits per heavy atom. The van der Waals surface area contributed by atoms with Gasteiger partial charge >= 0.3 is 5.97 Å². The Morgan fingerprint density at radius 2 is 1.56 bits per heavy atom. The van der Waals surface area contributed by atoms with E-state index in [1.165, 1.54) is 64.2 Å². The van der Waals surface area contributed by atoms with Gasteiger partial charge in [-0.1, -0.05) is 18.6 Å². The van der Waals surface area contributed by atoms with Crippen molar-refractivity contribution >= 4 is 5.97 Å². The lowest BCUT2D eigenvalue weighted by atomic mass is 9.60. The number of nitriles is 1. The van der Waals surface area contributed by atoms with Crippen molar-refractivity contribution in [3.05, 3.63) is 42.0 Å². The van der Waals surface area contributed by atoms with Crippen molar-refractivity contribution in [1.82, 2.24) is 0 Å². The Morgan fingerprint density at radius 3 is 2.25 bits per heavy atom. The first-order valence-electron chi connectivity index (χ1n) is 13.0. The number of rotatable bonds is 6. The van der Waals surface area contributed by atoms with E-state index in [9.17, 15) is 4.79 Å². The molecule has 32 heavy (non-hydrogen) atoms. The Labute approximate surface area is 194 Å². The number of esters is 1. The Balaban J connectivity index is 1.20. The smallest absolute Gasteiger partial charge is 0.314 e. The molecular formula is C29H39NO2. The van der Waals surface area contributed by atoms with Crippen LogP contribution in [0, 0.1) is 46.8 Å². The zero-order chi connectivity index (χ0) is 22.3. The first-order valence-corrected chi connectivity index (χ1v) is 13.0. The van der Waals surface area contributed by atoms with Gasteiger partial charge in [0, 0.05) is 0 Å². The summed E-state index contributed by atoms with van der Waals surface area (Å²) in [5.74, 6) is 5.09. The number of benzene rings is 1. The Kier molecular flexibility index (Phi) is 8.06. The average Bonchev–Trinajstić information content (AvgIpc) is 2.84. The molecule has 0 saturated heterocycles. The van der Waals surface area contributed by atoms with Crippen LogP contribution in [0.1, 0.15) is 89.5 Å². The molecule has 4 unspecified atom stereocenters. The van der Waals surface area contributed by atoms with E-state index in [4.69, 9.17) is 10.00 Å². The summed E-state index contributed by atoms with van der Waals surface area (Å²) < 4.78 is 5.60. The lowest BCUT2D eigenvalue weighted by molar-refractivity contribution is -0.140. The van der Waals surface area contributed by atoms with Gasteiger partial charge in [-0.15, -0.1) is 0 Å². The highest BCUT2D eigenvalue weighted by Crippen LogP contribution is 2.49. The summed E-state index contributed by atoms with van der Waals surface area (Å²) in [6.07, 6.45) is 20.1. The van der Waals surface area contributed by atoms with Gasteiger partial charge in [-0.2, -0.15) is 5.26 Å². The molecule has 0 N–H and O–H groups in total. The van der Waals surface area contributed by atoms with Gasteiger partial charge in [0.25, 0.3) is 0 Å². The molecule has 3 aliphatic carbocycles. The van der Waals surface area contributed by atoms with Crippen molar-refractivity contribution in [2.45, 2.75) is 84.0 Å². The molecule has 0 bridgehead atoms. The third-order valence-corrected chi connectivity index (χ3v) is 8.71. The maximum atomic E-state index is 12.6. The van der Waals surface area contributed by atoms with Gasteiger partial charge in [-0.3, -0.25) is 4.79 Å². The molecular weight excluding hydrogens is 394 g/mol. The monoisotopic (exact) mass is 433 g/mol. The standard InChI is InChI=1S/C29H39NO2/c1-2-3-4-5-21-6-9-27-19-26(15-14-25(27)18-21)23-10-12-24(13-11-23)29(31)32-28-16-7-22(20-30)8-17-28/h2-3,7-8,16-17,21,23-27H,4-6,9-15,18-19H2,1H3/b3-2+. The van der Waals surface area contributed by atoms with Crippen LogP contribution in [0.4, 0.5) is 0 Å². The molecule has 4 rings (SSSR count). The summed E-state index contributed by atoms with van der Waals surface area (Å²) in [5, 5.41) is 8.90. The molecule has 0 spiro atoms. The highest BCUT2D eigenvalue weighted by molar-refractivity contribution is 5.75. The van der Waals surface area contributed by atoms with Crippen LogP contribution < -0.4 is 4.74 Å². The highest BCUT2D eigenvalue weighted by Gasteiger charge is 2.39. The van der Waals surface area contributed by atoms with Gasteiger partial charge in [-0.25, -0.2) is 0 Å². The van der Waals surface area contributed by atoms with Crippen LogP contribution in [-0.4, -0.2) is 5.97 Å². The van der Waals surface area contributed by atoms with Crippen molar-refractivity contribution in [3.8, 4) is 11.8 Å². The van der Waals surface area contributed by atoms with Crippen LogP contribution in [0.5, 0.6) is 5.75 Å². The van der Waals surface area contributed by atoms with E-state index < -0.39 is 0 Å². The first kappa shape index (κ1) is 23.1. The number of carbonyl (C=O) groups is 1. The molecule has 3 heteroatoms. The maximum absolute atomic E-state index is 12.6. The maximum Gasteiger partial charge on any atom is 0.314 e. The van der Waals surface area contributed by atoms with Gasteiger partial charge in [0.1, 0.15) is 5.75 Å². The van der Waals surface area contributed by atoms with Crippen LogP contribution >= 0.6 is 0 Å². The van der Waals surface area contributed by atoms with E-state index in [1.807, 2.05) is 0 Å². The quantitative estimate of drug-likeness (QED) is 0.266. The molecule has 0 heterocycles. The predicted octanol–water partition coefficient (Wildman–Crippen LogP) is 7.46. The van der Waals surface area contributed by atoms with Crippen LogP contribution in [0.2, 0.25) is 0 Å². The molecule has 1 aromatic carbocycles. The first-order chi connectivity index (χ1) is 15.7. The lowest BCUT2D eigenvalue weighted by Crippen LogP contribution is -2.35. The molecule has 3 nitrogen and oxygen atoms in total. The van der Waals surface area contributed by atoms with E-state index in [2.05, 4.69) is 25.1 Å². The minimum absolute atomic E-state index is 0.0332. The molecule has 0 amide bonds. The van der Waals surface area contributed by atoms with Crippen LogP contribution in [0.15, 0.2) is 36.4 Å². The molecule has 172 valence electrons. The van der Waals surface area contributed by atoms with Gasteiger partial charge in [0.15, 0.2) is 0 Å². The van der Waals surface area contributed by atoms with Crippen LogP contribution in [-0.2, 0) is 4.79 Å². The number of fused-ring (bicyclic) bond motifs is 1. The summed E-state index contributed by atoms with van der Waals surface area (Å²) in [6, 6.07) is 8.93. The van der Waals surface area contributed by atoms with Crippen molar-refractivity contribution in [1.29, 1.82) is 5.26 Å². The van der Waals surface area contributed by atoms with Crippen molar-refractivity contribution in [2.75, 3.05) is 0 Å². The molecule has 0 radical (unpaired) electrons. The molecule has 4 atom stereocenters. The summed E-state index contributed by atoms with van der Waals surface area (Å²) >= 11 is 0. The van der Waals surface area contributed by atoms with Crippen molar-refractivity contribution in [2.24, 2.45) is 35.5 Å². The average molecular weight is 434 g/mol. The zero-order valence-electron chi connectivity index (χ0n) is 19.7. The minimum Gasteiger partial charge on any atom is -0.426 e. The number of allylic oxidation sites excluding steroid dienone is 2. The van der Waals surface area contributed by atoms with Gasteiger partial charge in [-0.05, 0) is 131 Å². The normalized spacial score (nSPS) is 32.8. The summed E-state index contributed by atoms with van der Waals surface area (Å²) in [6.45, 7) is 2.13. The Hall–Kier alpha value is -2.08. The second-order valence-corrected chi connectivity index (χ2v) is 10.6. The highest BCUT2D eigenvalue weighted by atomic mass is 16.5. The fourth-order valence-electron chi connectivity index (χ4n) is 6.83. The van der Waals surface area contributed by atoms with E-state index in [-0.39, 0.29) is 11.9 Å². The van der Waals surface area contributed by atoms with Gasteiger partial charge in [0.05, 0.1) is 17.6 Å². The number of nitrogens with zero attached hydrogens (tertiary/aromatic N) is 1. The van der Waals surface area contributed by atoms with E-state index in [1.54, 1.807) is 24.3 Å². The second-order valence-electron chi connectivity index (χ2n) is 10.6. The van der Waals surface area contributed by atoms with E-state index in [0.717, 1.165) is 42.4 Å². The molecule has 1 aromatic rings. The van der Waals surface area contributed by atoms with Gasteiger partial charge in [0.2, 0.25) is 0 Å². The fourth-order valence-corrected chi connectivity index (χ4v) is 6.83. The number of hydrogen-bond donors (Lipinski definition) is 0. The number of hydrogen-bond acceptors (Lipinski definition) is 3. The molecule has 0 aromatic heterocycles. The summed E-state index contributed by atoms with van der Waals surface area (Å²) in [7, 11) is 0. The molecule has 3 aliphatic rings. The van der Waals surface area contributed by atoms with Crippen molar-refractivity contribution < 1.29 is 9.53 Å². The SMILES string of the molecule is C/C=C/CCC1CCC2CC(C3CCC(C(=O)Oc4ccc(C#N)cc4)CC3)CCC2C1. The minimum atomic E-state index is -0.0897. The van der Waals surface area contributed by atoms with Crippen molar-refractivity contribution in [3.63, 3.8) is 0 Å². The zero-order valence-corrected chi connectivity index (χ0v) is 19.7. The molecule has 3 fully saturated rings. The summed E-state index contributed by atoms with van der Waals surface area (Å²) in [4.78, 5) is 12.6. The summed E-state index contributed by atoms with van der Waals surface area (Å²) in [5.41, 5.74) is 0.585. The molecule has 3 saturated carbocycles. The topological polar surface area (TPSA) is 50.1 Å². The Bertz CT molecular complexity index is 813. The number of ether oxygens (including phenoxy) is 1. The van der Waals surface area contributed by atoms with Gasteiger partial charge < -0.3 is 4.74 Å². The third kappa shape index (κ3) is 5.83. The largest absolute Gasteiger partial charge is 0.426 e.